The highest BCUT2D eigenvalue weighted by Crippen LogP contribution is 2.23. The average Bonchev–Trinajstić information content (AvgIpc) is 2.55. The molecule has 0 fully saturated rings. The highest BCUT2D eigenvalue weighted by molar-refractivity contribution is 5.43. The molecule has 0 bridgehead atoms. The summed E-state index contributed by atoms with van der Waals surface area (Å²) in [4.78, 5) is 0. The fraction of sp³-hybridized carbons (Fsp3) is 0.308. The summed E-state index contributed by atoms with van der Waals surface area (Å²) in [7, 11) is 0. The molecule has 0 saturated carbocycles. The van der Waals surface area contributed by atoms with E-state index in [-0.39, 0.29) is 0 Å². The SMILES string of the molecule is Cc1cc(C)c(Cc2cccc(Cc3c(C)cc(C)cc3C)c2)c(C)c1. The monoisotopic (exact) mass is 342 g/mol. The highest BCUT2D eigenvalue weighted by Gasteiger charge is 2.08. The average molecular weight is 343 g/mol. The maximum atomic E-state index is 2.39. The van der Waals surface area contributed by atoms with Crippen molar-refractivity contribution in [2.75, 3.05) is 0 Å². The van der Waals surface area contributed by atoms with E-state index in [1.165, 1.54) is 55.6 Å². The second-order valence-corrected chi connectivity index (χ2v) is 7.93. The van der Waals surface area contributed by atoms with Crippen LogP contribution in [0.3, 0.4) is 0 Å². The van der Waals surface area contributed by atoms with Crippen LogP contribution in [0.25, 0.3) is 0 Å². The molecule has 0 aliphatic rings. The third kappa shape index (κ3) is 4.07. The van der Waals surface area contributed by atoms with Crippen molar-refractivity contribution in [2.24, 2.45) is 0 Å². The zero-order chi connectivity index (χ0) is 18.8. The van der Waals surface area contributed by atoms with Gasteiger partial charge in [-0.1, -0.05) is 59.7 Å². The van der Waals surface area contributed by atoms with E-state index in [0.717, 1.165) is 12.8 Å². The van der Waals surface area contributed by atoms with Crippen LogP contribution in [0, 0.1) is 41.5 Å². The van der Waals surface area contributed by atoms with Crippen molar-refractivity contribution in [1.82, 2.24) is 0 Å². The Bertz CT molecular complexity index is 823. The minimum Gasteiger partial charge on any atom is -0.0617 e. The molecule has 26 heavy (non-hydrogen) atoms. The normalized spacial score (nSPS) is 11.0. The molecule has 3 aromatic rings. The lowest BCUT2D eigenvalue weighted by Gasteiger charge is -2.14. The Kier molecular flexibility index (Phi) is 5.32. The first kappa shape index (κ1) is 18.5. The molecule has 0 amide bonds. The highest BCUT2D eigenvalue weighted by atomic mass is 14.1. The van der Waals surface area contributed by atoms with Crippen LogP contribution in [0.4, 0.5) is 0 Å². The molecular formula is C26H30. The first-order valence-corrected chi connectivity index (χ1v) is 9.54. The van der Waals surface area contributed by atoms with Crippen molar-refractivity contribution in [3.63, 3.8) is 0 Å². The lowest BCUT2D eigenvalue weighted by molar-refractivity contribution is 1.08. The van der Waals surface area contributed by atoms with Crippen molar-refractivity contribution in [2.45, 2.75) is 54.4 Å². The predicted octanol–water partition coefficient (Wildman–Crippen LogP) is 6.72. The maximum Gasteiger partial charge on any atom is -0.00204 e. The molecule has 0 radical (unpaired) electrons. The molecule has 0 aromatic heterocycles. The molecule has 0 aliphatic carbocycles. The Balaban J connectivity index is 1.88. The Morgan fingerprint density at radius 1 is 0.500 bits per heavy atom. The summed E-state index contributed by atoms with van der Waals surface area (Å²) >= 11 is 0. The van der Waals surface area contributed by atoms with Gasteiger partial charge in [0.25, 0.3) is 0 Å². The number of rotatable bonds is 4. The summed E-state index contributed by atoms with van der Waals surface area (Å²) in [6.45, 7) is 13.3. The van der Waals surface area contributed by atoms with Crippen molar-refractivity contribution in [3.8, 4) is 0 Å². The van der Waals surface area contributed by atoms with Crippen LogP contribution in [-0.2, 0) is 12.8 Å². The molecule has 3 rings (SSSR count). The zero-order valence-corrected chi connectivity index (χ0v) is 17.0. The van der Waals surface area contributed by atoms with Gasteiger partial charge in [0.15, 0.2) is 0 Å². The zero-order valence-electron chi connectivity index (χ0n) is 17.0. The molecule has 0 spiro atoms. The molecule has 0 aliphatic heterocycles. The Morgan fingerprint density at radius 3 is 1.19 bits per heavy atom. The van der Waals surface area contributed by atoms with Crippen LogP contribution in [0.15, 0.2) is 48.5 Å². The largest absolute Gasteiger partial charge is 0.0617 e. The van der Waals surface area contributed by atoms with Gasteiger partial charge in [-0.3, -0.25) is 0 Å². The molecule has 0 heteroatoms. The van der Waals surface area contributed by atoms with E-state index >= 15 is 0 Å². The van der Waals surface area contributed by atoms with Crippen molar-refractivity contribution < 1.29 is 0 Å². The van der Waals surface area contributed by atoms with E-state index in [1.54, 1.807) is 0 Å². The van der Waals surface area contributed by atoms with Gasteiger partial charge in [0, 0.05) is 0 Å². The van der Waals surface area contributed by atoms with E-state index in [4.69, 9.17) is 0 Å². The van der Waals surface area contributed by atoms with Gasteiger partial charge in [0.1, 0.15) is 0 Å². The number of benzene rings is 3. The summed E-state index contributed by atoms with van der Waals surface area (Å²) in [5.74, 6) is 0. The fourth-order valence-electron chi connectivity index (χ4n) is 4.24. The van der Waals surface area contributed by atoms with Crippen LogP contribution >= 0.6 is 0 Å². The summed E-state index contributed by atoms with van der Waals surface area (Å²) in [5.41, 5.74) is 14.0. The molecule has 0 saturated heterocycles. The number of aryl methyl sites for hydroxylation is 6. The second-order valence-electron chi connectivity index (χ2n) is 7.93. The molecule has 0 atom stereocenters. The first-order chi connectivity index (χ1) is 12.3. The Labute approximate surface area is 158 Å². The van der Waals surface area contributed by atoms with Gasteiger partial charge >= 0.3 is 0 Å². The van der Waals surface area contributed by atoms with Gasteiger partial charge in [0.2, 0.25) is 0 Å². The third-order valence-electron chi connectivity index (χ3n) is 5.43. The minimum atomic E-state index is 1.01. The minimum absolute atomic E-state index is 1.01. The summed E-state index contributed by atoms with van der Waals surface area (Å²) in [6.07, 6.45) is 2.02. The maximum absolute atomic E-state index is 2.39. The van der Waals surface area contributed by atoms with Crippen LogP contribution in [0.1, 0.15) is 55.6 Å². The topological polar surface area (TPSA) is 0 Å². The van der Waals surface area contributed by atoms with Crippen molar-refractivity contribution in [3.05, 3.63) is 104 Å². The molecule has 0 nitrogen and oxygen atoms in total. The van der Waals surface area contributed by atoms with Gasteiger partial charge in [-0.2, -0.15) is 0 Å². The first-order valence-electron chi connectivity index (χ1n) is 9.54. The quantitative estimate of drug-likeness (QED) is 0.494. The number of hydrogen-bond donors (Lipinski definition) is 0. The predicted molar refractivity (Wildman–Crippen MR) is 113 cm³/mol. The van der Waals surface area contributed by atoms with Crippen LogP contribution in [0.2, 0.25) is 0 Å². The lowest BCUT2D eigenvalue weighted by Crippen LogP contribution is -2.00. The molecule has 0 N–H and O–H groups in total. The van der Waals surface area contributed by atoms with Gasteiger partial charge in [-0.05, 0) is 98.9 Å². The molecule has 3 aromatic carbocycles. The Hall–Kier alpha value is -2.34. The summed E-state index contributed by atoms with van der Waals surface area (Å²) in [5, 5.41) is 0. The van der Waals surface area contributed by atoms with E-state index in [0.29, 0.717) is 0 Å². The van der Waals surface area contributed by atoms with Crippen LogP contribution in [-0.4, -0.2) is 0 Å². The van der Waals surface area contributed by atoms with Crippen LogP contribution in [0.5, 0.6) is 0 Å². The molecule has 0 unspecified atom stereocenters. The summed E-state index contributed by atoms with van der Waals surface area (Å²) in [6, 6.07) is 18.3. The van der Waals surface area contributed by atoms with Gasteiger partial charge < -0.3 is 0 Å². The lowest BCUT2D eigenvalue weighted by atomic mass is 9.91. The van der Waals surface area contributed by atoms with Crippen molar-refractivity contribution in [1.29, 1.82) is 0 Å². The van der Waals surface area contributed by atoms with Crippen molar-refractivity contribution >= 4 is 0 Å². The van der Waals surface area contributed by atoms with Gasteiger partial charge in [-0.25, -0.2) is 0 Å². The fourth-order valence-corrected chi connectivity index (χ4v) is 4.24. The van der Waals surface area contributed by atoms with E-state index < -0.39 is 0 Å². The van der Waals surface area contributed by atoms with Gasteiger partial charge in [-0.15, -0.1) is 0 Å². The van der Waals surface area contributed by atoms with E-state index in [1.807, 2.05) is 0 Å². The van der Waals surface area contributed by atoms with E-state index in [9.17, 15) is 0 Å². The second kappa shape index (κ2) is 7.50. The standard InChI is InChI=1S/C26H30/c1-17-10-19(3)25(20(4)11-17)15-23-8-7-9-24(14-23)16-26-21(5)12-18(2)13-22(26)6/h7-14H,15-16H2,1-6H3. The molecule has 134 valence electrons. The summed E-state index contributed by atoms with van der Waals surface area (Å²) < 4.78 is 0. The van der Waals surface area contributed by atoms with Crippen LogP contribution < -0.4 is 0 Å². The van der Waals surface area contributed by atoms with E-state index in [2.05, 4.69) is 90.1 Å². The Morgan fingerprint density at radius 2 is 0.846 bits per heavy atom. The molecular weight excluding hydrogens is 312 g/mol. The molecule has 0 heterocycles. The number of hydrogen-bond acceptors (Lipinski definition) is 0. The third-order valence-corrected chi connectivity index (χ3v) is 5.43. The smallest absolute Gasteiger partial charge is 0.00204 e. The van der Waals surface area contributed by atoms with Gasteiger partial charge in [0.05, 0.1) is 0 Å².